The van der Waals surface area contributed by atoms with Crippen molar-refractivity contribution >= 4 is 28.6 Å². The van der Waals surface area contributed by atoms with E-state index in [-0.39, 0.29) is 6.17 Å². The minimum absolute atomic E-state index is 0.0960. The maximum absolute atomic E-state index is 4.58. The van der Waals surface area contributed by atoms with Crippen molar-refractivity contribution in [2.24, 2.45) is 0 Å². The average molecular weight is 651 g/mol. The van der Waals surface area contributed by atoms with Gasteiger partial charge in [0.1, 0.15) is 6.17 Å². The highest BCUT2D eigenvalue weighted by Crippen LogP contribution is 2.47. The number of hydrogen-bond acceptors (Lipinski definition) is 4. The van der Waals surface area contributed by atoms with Gasteiger partial charge in [-0.15, -0.1) is 0 Å². The molecule has 1 unspecified atom stereocenters. The summed E-state index contributed by atoms with van der Waals surface area (Å²) in [5, 5.41) is 11.9. The summed E-state index contributed by atoms with van der Waals surface area (Å²) in [5.74, 6) is 0. The molecule has 0 amide bonds. The topological polar surface area (TPSA) is 30.5 Å². The highest BCUT2D eigenvalue weighted by molar-refractivity contribution is 5.83. The van der Waals surface area contributed by atoms with Gasteiger partial charge in [-0.05, 0) is 57.2 Å². The second-order valence-corrected chi connectivity index (χ2v) is 12.4. The summed E-state index contributed by atoms with van der Waals surface area (Å²) in [6, 6.07) is 38.7. The van der Waals surface area contributed by atoms with Gasteiger partial charge < -0.3 is 10.6 Å². The summed E-state index contributed by atoms with van der Waals surface area (Å²) in [7, 11) is 0. The Balaban J connectivity index is 1.19. The average Bonchev–Trinajstić information content (AvgIpc) is 3.77. The zero-order valence-corrected chi connectivity index (χ0v) is 28.3. The summed E-state index contributed by atoms with van der Waals surface area (Å²) in [5.41, 5.74) is 12.7. The predicted octanol–water partition coefficient (Wildman–Crippen LogP) is 10.6. The molecule has 1 aliphatic carbocycles. The molecule has 4 aromatic rings. The molecule has 0 aromatic heterocycles. The van der Waals surface area contributed by atoms with Crippen molar-refractivity contribution in [1.29, 1.82) is 0 Å². The molecule has 4 aromatic carbocycles. The SMILES string of the molecule is C=C/C=C\CNC/C=C\C=C/c1ccc(C2=CC3=C(C2)N(N2c4ccccc4NC2c2ccccc2)/C=C(c2ccccc2)\C=C/C3=C)cc1. The van der Waals surface area contributed by atoms with E-state index in [1.807, 2.05) is 6.08 Å². The molecule has 0 saturated carbocycles. The standard InChI is InChI=1S/C46H42N4/c1-3-4-15-30-47-31-16-7-8-17-36-25-28-38(29-26-36)41-32-42-35(2)24-27-40(37-18-9-5-10-19-37)34-49(45(42)33-41)50-44-23-14-13-22-43(44)48-46(50)39-20-11-6-12-21-39/h3-29,32,34,46-48H,1-2,30-31,33H2/b15-4-,16-7-,17-8-,27-24-,40-34+. The summed E-state index contributed by atoms with van der Waals surface area (Å²) in [6.07, 6.45) is 23.9. The second kappa shape index (κ2) is 15.4. The van der Waals surface area contributed by atoms with E-state index in [0.717, 1.165) is 53.2 Å². The molecule has 1 atom stereocenters. The van der Waals surface area contributed by atoms with E-state index in [4.69, 9.17) is 0 Å². The lowest BCUT2D eigenvalue weighted by atomic mass is 10.0. The molecule has 4 nitrogen and oxygen atoms in total. The molecule has 2 aliphatic heterocycles. The molecule has 0 spiro atoms. The number of rotatable bonds is 11. The lowest BCUT2D eigenvalue weighted by Crippen LogP contribution is -2.41. The molecular formula is C46H42N4. The molecule has 2 N–H and O–H groups in total. The van der Waals surface area contributed by atoms with Crippen molar-refractivity contribution in [1.82, 2.24) is 10.3 Å². The van der Waals surface area contributed by atoms with E-state index in [9.17, 15) is 0 Å². The third-order valence-corrected chi connectivity index (χ3v) is 9.09. The van der Waals surface area contributed by atoms with Crippen molar-refractivity contribution in [3.63, 3.8) is 0 Å². The first-order valence-electron chi connectivity index (χ1n) is 17.2. The first-order valence-corrected chi connectivity index (χ1v) is 17.2. The van der Waals surface area contributed by atoms with Gasteiger partial charge in [-0.3, -0.25) is 10.0 Å². The number of fused-ring (bicyclic) bond motifs is 1. The molecule has 0 bridgehead atoms. The molecule has 0 radical (unpaired) electrons. The molecule has 2 heterocycles. The maximum Gasteiger partial charge on any atom is 0.145 e. The van der Waals surface area contributed by atoms with Crippen molar-refractivity contribution < 1.29 is 0 Å². The number of anilines is 2. The van der Waals surface area contributed by atoms with Gasteiger partial charge >= 0.3 is 0 Å². The Kier molecular flexibility index (Phi) is 10.0. The van der Waals surface area contributed by atoms with E-state index >= 15 is 0 Å². The van der Waals surface area contributed by atoms with Gasteiger partial charge in [-0.25, -0.2) is 0 Å². The molecule has 0 saturated heterocycles. The van der Waals surface area contributed by atoms with Gasteiger partial charge in [-0.1, -0.05) is 165 Å². The Morgan fingerprint density at radius 2 is 1.48 bits per heavy atom. The predicted molar refractivity (Wildman–Crippen MR) is 213 cm³/mol. The molecular weight excluding hydrogens is 609 g/mol. The Labute approximate surface area is 296 Å². The van der Waals surface area contributed by atoms with Crippen LogP contribution in [0.4, 0.5) is 11.4 Å². The van der Waals surface area contributed by atoms with Crippen LogP contribution in [0.5, 0.6) is 0 Å². The Bertz CT molecular complexity index is 2060. The number of hydrazine groups is 1. The summed E-state index contributed by atoms with van der Waals surface area (Å²) >= 11 is 0. The fraction of sp³-hybridized carbons (Fsp3) is 0.0870. The Morgan fingerprint density at radius 1 is 0.760 bits per heavy atom. The van der Waals surface area contributed by atoms with Crippen molar-refractivity contribution in [2.45, 2.75) is 12.6 Å². The number of nitrogens with one attached hydrogen (secondary N) is 2. The number of benzene rings is 4. The summed E-state index contributed by atoms with van der Waals surface area (Å²) < 4.78 is 0. The van der Waals surface area contributed by atoms with Gasteiger partial charge in [0.2, 0.25) is 0 Å². The monoisotopic (exact) mass is 650 g/mol. The van der Waals surface area contributed by atoms with Gasteiger partial charge in [0.15, 0.2) is 0 Å². The third-order valence-electron chi connectivity index (χ3n) is 9.09. The molecule has 7 rings (SSSR count). The minimum Gasteiger partial charge on any atom is -0.358 e. The van der Waals surface area contributed by atoms with Crippen LogP contribution in [0, 0.1) is 0 Å². The van der Waals surface area contributed by atoms with Crippen LogP contribution in [-0.2, 0) is 0 Å². The van der Waals surface area contributed by atoms with Crippen LogP contribution < -0.4 is 15.6 Å². The molecule has 4 heteroatoms. The Morgan fingerprint density at radius 3 is 2.26 bits per heavy atom. The zero-order valence-electron chi connectivity index (χ0n) is 28.3. The van der Waals surface area contributed by atoms with Crippen LogP contribution >= 0.6 is 0 Å². The number of nitrogens with zero attached hydrogens (tertiary/aromatic N) is 2. The van der Waals surface area contributed by atoms with Gasteiger partial charge in [0.05, 0.1) is 17.1 Å². The highest BCUT2D eigenvalue weighted by Gasteiger charge is 2.37. The largest absolute Gasteiger partial charge is 0.358 e. The van der Waals surface area contributed by atoms with Crippen molar-refractivity contribution in [3.8, 4) is 0 Å². The maximum atomic E-state index is 4.58. The van der Waals surface area contributed by atoms with Crippen LogP contribution in [-0.4, -0.2) is 18.1 Å². The summed E-state index contributed by atoms with van der Waals surface area (Å²) in [6.45, 7) is 9.93. The molecule has 3 aliphatic rings. The van der Waals surface area contributed by atoms with E-state index < -0.39 is 0 Å². The fourth-order valence-electron chi connectivity index (χ4n) is 6.56. The zero-order chi connectivity index (χ0) is 34.1. The fourth-order valence-corrected chi connectivity index (χ4v) is 6.56. The Hall–Kier alpha value is -6.10. The van der Waals surface area contributed by atoms with E-state index in [0.29, 0.717) is 0 Å². The van der Waals surface area contributed by atoms with Crippen LogP contribution in [0.2, 0.25) is 0 Å². The van der Waals surface area contributed by atoms with Gasteiger partial charge in [0.25, 0.3) is 0 Å². The normalized spacial score (nSPS) is 18.9. The smallest absolute Gasteiger partial charge is 0.145 e. The molecule has 246 valence electrons. The number of hydrogen-bond donors (Lipinski definition) is 2. The van der Waals surface area contributed by atoms with E-state index in [1.54, 1.807) is 6.08 Å². The minimum atomic E-state index is -0.0960. The van der Waals surface area contributed by atoms with E-state index in [2.05, 4.69) is 198 Å². The third kappa shape index (κ3) is 7.17. The number of allylic oxidation sites excluding steroid dienone is 11. The van der Waals surface area contributed by atoms with Crippen LogP contribution in [0.25, 0.3) is 17.2 Å². The number of para-hydroxylation sites is 2. The van der Waals surface area contributed by atoms with Crippen LogP contribution in [0.1, 0.15) is 34.8 Å². The second-order valence-electron chi connectivity index (χ2n) is 12.4. The quantitative estimate of drug-likeness (QED) is 0.125. The first-order chi connectivity index (χ1) is 24.7. The lowest BCUT2D eigenvalue weighted by Gasteiger charge is -2.39. The van der Waals surface area contributed by atoms with Gasteiger partial charge in [-0.2, -0.15) is 0 Å². The van der Waals surface area contributed by atoms with Crippen molar-refractivity contribution in [2.75, 3.05) is 23.4 Å². The van der Waals surface area contributed by atoms with E-state index in [1.165, 1.54) is 28.0 Å². The molecule has 0 fully saturated rings. The van der Waals surface area contributed by atoms with Gasteiger partial charge in [0, 0.05) is 31.3 Å². The summed E-state index contributed by atoms with van der Waals surface area (Å²) in [4.78, 5) is 0. The van der Waals surface area contributed by atoms with Crippen LogP contribution in [0.3, 0.4) is 0 Å². The first kappa shape index (κ1) is 32.4. The highest BCUT2D eigenvalue weighted by atomic mass is 15.7. The van der Waals surface area contributed by atoms with Crippen LogP contribution in [0.15, 0.2) is 200 Å². The lowest BCUT2D eigenvalue weighted by molar-refractivity contribution is 0.389. The molecule has 50 heavy (non-hydrogen) atoms. The van der Waals surface area contributed by atoms with Crippen molar-refractivity contribution in [3.05, 3.63) is 222 Å².